The number of nitrogens with two attached hydrogens (primary N) is 1. The number of nitrogens with zero attached hydrogens (tertiary/aromatic N) is 1. The van der Waals surface area contributed by atoms with E-state index in [4.69, 9.17) is 15.2 Å². The molecule has 5 aromatic rings. The Hall–Kier alpha value is -5.36. The third kappa shape index (κ3) is 11.8. The zero-order valence-electron chi connectivity index (χ0n) is 33.4. The molecule has 0 unspecified atom stereocenters. The van der Waals surface area contributed by atoms with Gasteiger partial charge in [0.25, 0.3) is 0 Å². The molecule has 5 aromatic carbocycles. The molecule has 0 radical (unpaired) electrons. The Bertz CT molecular complexity index is 2060. The van der Waals surface area contributed by atoms with Gasteiger partial charge in [-0.3, -0.25) is 14.5 Å². The lowest BCUT2D eigenvalue weighted by atomic mass is 9.98. The number of rotatable bonds is 18. The molecule has 10 nitrogen and oxygen atoms in total. The van der Waals surface area contributed by atoms with Crippen LogP contribution in [0.25, 0.3) is 11.1 Å². The van der Waals surface area contributed by atoms with E-state index < -0.39 is 12.4 Å². The first kappa shape index (κ1) is 42.3. The Morgan fingerprint density at radius 1 is 0.776 bits per heavy atom. The lowest BCUT2D eigenvalue weighted by molar-refractivity contribution is -0.253. The van der Waals surface area contributed by atoms with Crippen molar-refractivity contribution in [3.05, 3.63) is 155 Å². The summed E-state index contributed by atoms with van der Waals surface area (Å²) in [6.45, 7) is 3.03. The molecule has 1 heterocycles. The summed E-state index contributed by atoms with van der Waals surface area (Å²) < 4.78 is 13.2. The second-order valence-corrected chi connectivity index (χ2v) is 15.2. The number of amides is 2. The quantitative estimate of drug-likeness (QED) is 0.0442. The summed E-state index contributed by atoms with van der Waals surface area (Å²) in [5, 5.41) is 26.6. The van der Waals surface area contributed by atoms with Gasteiger partial charge in [0.05, 0.1) is 36.3 Å². The van der Waals surface area contributed by atoms with Gasteiger partial charge in [-0.2, -0.15) is 0 Å². The van der Waals surface area contributed by atoms with E-state index in [0.29, 0.717) is 56.6 Å². The van der Waals surface area contributed by atoms with Gasteiger partial charge in [0.2, 0.25) is 11.8 Å². The lowest BCUT2D eigenvalue weighted by Crippen LogP contribution is -2.43. The number of nitrogens with one attached hydrogen (secondary N) is 2. The van der Waals surface area contributed by atoms with Crippen molar-refractivity contribution in [1.29, 1.82) is 0 Å². The number of nitrogen functional groups attached to an aromatic ring is 1. The number of carbonyl (C=O) groups is 2. The van der Waals surface area contributed by atoms with Gasteiger partial charge in [-0.1, -0.05) is 116 Å². The highest BCUT2D eigenvalue weighted by molar-refractivity contribution is 5.93. The van der Waals surface area contributed by atoms with Crippen LogP contribution >= 0.6 is 0 Å². The van der Waals surface area contributed by atoms with Gasteiger partial charge in [-0.25, -0.2) is 0 Å². The van der Waals surface area contributed by atoms with Crippen LogP contribution in [-0.4, -0.2) is 52.7 Å². The minimum atomic E-state index is -0.643. The fourth-order valence-electron chi connectivity index (χ4n) is 7.24. The molecule has 0 spiro atoms. The van der Waals surface area contributed by atoms with Crippen molar-refractivity contribution >= 4 is 23.2 Å². The Kier molecular flexibility index (Phi) is 15.2. The van der Waals surface area contributed by atoms with Gasteiger partial charge in [0.1, 0.15) is 0 Å². The van der Waals surface area contributed by atoms with E-state index in [1.165, 1.54) is 0 Å². The number of benzene rings is 5. The zero-order valence-corrected chi connectivity index (χ0v) is 33.4. The molecule has 58 heavy (non-hydrogen) atoms. The fourth-order valence-corrected chi connectivity index (χ4v) is 7.24. The van der Waals surface area contributed by atoms with E-state index in [-0.39, 0.29) is 36.7 Å². The molecule has 1 fully saturated rings. The third-order valence-electron chi connectivity index (χ3n) is 10.9. The summed E-state index contributed by atoms with van der Waals surface area (Å²) in [6, 6.07) is 41.0. The molecule has 1 aliphatic heterocycles. The highest BCUT2D eigenvalue weighted by atomic mass is 16.7. The van der Waals surface area contributed by atoms with Crippen LogP contribution < -0.4 is 16.4 Å². The van der Waals surface area contributed by atoms with Crippen molar-refractivity contribution in [3.8, 4) is 11.1 Å². The van der Waals surface area contributed by atoms with Crippen molar-refractivity contribution in [2.45, 2.75) is 89.2 Å². The normalized spacial score (nSPS) is 17.7. The monoisotopic (exact) mass is 784 g/mol. The Morgan fingerprint density at radius 2 is 1.47 bits per heavy atom. The minimum Gasteiger partial charge on any atom is -0.397 e. The maximum absolute atomic E-state index is 12.6. The van der Waals surface area contributed by atoms with Gasteiger partial charge in [-0.05, 0) is 78.4 Å². The number of para-hydroxylation sites is 2. The van der Waals surface area contributed by atoms with E-state index >= 15 is 0 Å². The zero-order chi connectivity index (χ0) is 40.9. The number of hydrogen-bond donors (Lipinski definition) is 5. The summed E-state index contributed by atoms with van der Waals surface area (Å²) >= 11 is 0. The van der Waals surface area contributed by atoms with Crippen LogP contribution in [0.1, 0.15) is 91.8 Å². The highest BCUT2D eigenvalue weighted by Crippen LogP contribution is 2.39. The molecule has 2 amide bonds. The topological polar surface area (TPSA) is 146 Å². The van der Waals surface area contributed by atoms with Gasteiger partial charge < -0.3 is 36.1 Å². The van der Waals surface area contributed by atoms with Crippen LogP contribution in [0.15, 0.2) is 127 Å². The van der Waals surface area contributed by atoms with Crippen LogP contribution in [0.4, 0.5) is 11.4 Å². The number of ether oxygens (including phenoxy) is 2. The molecule has 10 heteroatoms. The molecular weight excluding hydrogens is 729 g/mol. The van der Waals surface area contributed by atoms with Crippen molar-refractivity contribution in [2.24, 2.45) is 0 Å². The maximum atomic E-state index is 12.6. The molecule has 6 rings (SSSR count). The first-order valence-corrected chi connectivity index (χ1v) is 20.2. The second-order valence-electron chi connectivity index (χ2n) is 15.2. The number of anilines is 2. The van der Waals surface area contributed by atoms with E-state index in [1.54, 1.807) is 12.1 Å². The van der Waals surface area contributed by atoms with Crippen LogP contribution in [0.2, 0.25) is 0 Å². The summed E-state index contributed by atoms with van der Waals surface area (Å²) in [5.41, 5.74) is 13.8. The third-order valence-corrected chi connectivity index (χ3v) is 10.9. The SMILES string of the molecule is C[C@H]([C@@H](O)c1ccccc1)N(C)C[C@H]1C[C@@H](c2ccc(CO)cc2)O[C@@H](c2ccc(-c3cccc(CNC(=O)CCCCCC(=O)Nc4ccccc4N)c3)cc2)O1. The standard InChI is InChI=1S/C48H56N4O6/c1-33(47(56)38-13-5-3-6-14-38)52(2)31-41-29-44(37-22-20-34(32-53)21-23-37)58-48(57-41)39-26-24-36(25-27-39)40-15-11-12-35(28-40)30-50-45(54)18-7-4-8-19-46(55)51-43-17-10-9-16-42(43)49/h3,5-6,9-17,20-28,33,41,44,47-48,53,56H,4,7-8,18-19,29-32,49H2,1-2H3,(H,50,54)(H,51,55)/t33-,41-,44+,47-,48+/m1/s1. The number of likely N-dealkylation sites (N-methyl/N-ethyl adjacent to an activating group) is 1. The van der Waals surface area contributed by atoms with Crippen molar-refractivity contribution < 1.29 is 29.3 Å². The molecule has 6 N–H and O–H groups in total. The lowest BCUT2D eigenvalue weighted by Gasteiger charge is -2.39. The van der Waals surface area contributed by atoms with Crippen molar-refractivity contribution in [3.63, 3.8) is 0 Å². The Morgan fingerprint density at radius 3 is 2.19 bits per heavy atom. The van der Waals surface area contributed by atoms with Crippen LogP contribution in [0.5, 0.6) is 0 Å². The molecule has 0 saturated carbocycles. The molecular formula is C48H56N4O6. The van der Waals surface area contributed by atoms with Gasteiger partial charge >= 0.3 is 0 Å². The minimum absolute atomic E-state index is 0.0160. The van der Waals surface area contributed by atoms with E-state index in [0.717, 1.165) is 45.4 Å². The molecule has 0 bridgehead atoms. The number of unbranched alkanes of at least 4 members (excludes halogenated alkanes) is 2. The molecule has 304 valence electrons. The van der Waals surface area contributed by atoms with Gasteiger partial charge in [0.15, 0.2) is 6.29 Å². The Labute approximate surface area is 342 Å². The van der Waals surface area contributed by atoms with E-state index in [9.17, 15) is 19.8 Å². The second kappa shape index (κ2) is 20.9. The number of carbonyl (C=O) groups excluding carboxylic acids is 2. The average Bonchev–Trinajstić information content (AvgIpc) is 3.26. The molecule has 5 atom stereocenters. The number of hydrogen-bond acceptors (Lipinski definition) is 8. The van der Waals surface area contributed by atoms with Crippen LogP contribution in [0.3, 0.4) is 0 Å². The largest absolute Gasteiger partial charge is 0.397 e. The summed E-state index contributed by atoms with van der Waals surface area (Å²) in [4.78, 5) is 27.0. The highest BCUT2D eigenvalue weighted by Gasteiger charge is 2.34. The summed E-state index contributed by atoms with van der Waals surface area (Å²) in [6.07, 6.45) is 1.96. The van der Waals surface area contributed by atoms with E-state index in [2.05, 4.69) is 39.8 Å². The molecule has 0 aromatic heterocycles. The number of aliphatic hydroxyl groups excluding tert-OH is 2. The molecule has 1 aliphatic rings. The summed E-state index contributed by atoms with van der Waals surface area (Å²) in [7, 11) is 2.01. The maximum Gasteiger partial charge on any atom is 0.224 e. The molecule has 0 aliphatic carbocycles. The smallest absolute Gasteiger partial charge is 0.224 e. The first-order valence-electron chi connectivity index (χ1n) is 20.2. The predicted octanol–water partition coefficient (Wildman–Crippen LogP) is 8.23. The van der Waals surface area contributed by atoms with Crippen LogP contribution in [-0.2, 0) is 32.2 Å². The van der Waals surface area contributed by atoms with Crippen LogP contribution in [0, 0.1) is 0 Å². The number of aliphatic hydroxyl groups is 2. The predicted molar refractivity (Wildman–Crippen MR) is 228 cm³/mol. The Balaban J connectivity index is 1.02. The van der Waals surface area contributed by atoms with E-state index in [1.807, 2.05) is 105 Å². The fraction of sp³-hybridized carbons (Fsp3) is 0.333. The summed E-state index contributed by atoms with van der Waals surface area (Å²) in [5.74, 6) is -0.0975. The van der Waals surface area contributed by atoms with Crippen molar-refractivity contribution in [1.82, 2.24) is 10.2 Å². The van der Waals surface area contributed by atoms with Crippen molar-refractivity contribution in [2.75, 3.05) is 24.6 Å². The van der Waals surface area contributed by atoms with Gasteiger partial charge in [-0.15, -0.1) is 0 Å². The van der Waals surface area contributed by atoms with Gasteiger partial charge in [0, 0.05) is 44.0 Å². The average molecular weight is 785 g/mol. The first-order chi connectivity index (χ1) is 28.2. The molecule has 1 saturated heterocycles.